The Bertz CT molecular complexity index is 140. The van der Waals surface area contributed by atoms with Crippen LogP contribution in [-0.2, 0) is 4.57 Å². The van der Waals surface area contributed by atoms with Gasteiger partial charge in [0.1, 0.15) is 0 Å². The van der Waals surface area contributed by atoms with Crippen LogP contribution in [-0.4, -0.2) is 12.3 Å². The molecule has 2 atom stereocenters. The van der Waals surface area contributed by atoms with Crippen LogP contribution in [0, 0.1) is 11.8 Å². The molecule has 14 heavy (non-hydrogen) atoms. The van der Waals surface area contributed by atoms with Crippen LogP contribution in [0.1, 0.15) is 53.4 Å². The van der Waals surface area contributed by atoms with Gasteiger partial charge in [0, 0.05) is 12.3 Å². The molecule has 0 saturated heterocycles. The van der Waals surface area contributed by atoms with Gasteiger partial charge in [-0.2, -0.15) is 0 Å². The van der Waals surface area contributed by atoms with Crippen molar-refractivity contribution in [3.05, 3.63) is 0 Å². The zero-order chi connectivity index (χ0) is 11.0. The lowest BCUT2D eigenvalue weighted by atomic mass is 10.1. The molecule has 0 rings (SSSR count). The third-order valence-electron chi connectivity index (χ3n) is 2.59. The summed E-state index contributed by atoms with van der Waals surface area (Å²) in [6.45, 7) is 8.84. The van der Waals surface area contributed by atoms with Crippen molar-refractivity contribution < 1.29 is 4.57 Å². The van der Waals surface area contributed by atoms with E-state index in [-0.39, 0.29) is 0 Å². The van der Waals surface area contributed by atoms with Gasteiger partial charge in [0.25, 0.3) is 0 Å². The highest BCUT2D eigenvalue weighted by atomic mass is 31.1. The number of rotatable bonds is 8. The van der Waals surface area contributed by atoms with Gasteiger partial charge < -0.3 is 0 Å². The summed E-state index contributed by atoms with van der Waals surface area (Å²) in [5.41, 5.74) is 0. The fourth-order valence-electron chi connectivity index (χ4n) is 1.94. The lowest BCUT2D eigenvalue weighted by Crippen LogP contribution is -2.03. The second kappa shape index (κ2) is 8.41. The summed E-state index contributed by atoms with van der Waals surface area (Å²) in [6, 6.07) is 0. The van der Waals surface area contributed by atoms with E-state index in [1.165, 1.54) is 25.7 Å². The largest absolute Gasteiger partial charge is 0.287 e. The first kappa shape index (κ1) is 14.1. The average Bonchev–Trinajstić information content (AvgIpc) is 2.03. The fourth-order valence-corrected chi connectivity index (χ4v) is 3.84. The Morgan fingerprint density at radius 1 is 0.929 bits per heavy atom. The average molecular weight is 217 g/mol. The van der Waals surface area contributed by atoms with Crippen molar-refractivity contribution in [3.63, 3.8) is 0 Å². The minimum Gasteiger partial charge on any atom is -0.287 e. The first-order valence-electron chi connectivity index (χ1n) is 6.02. The molecule has 0 aromatic heterocycles. The van der Waals surface area contributed by atoms with Gasteiger partial charge in [0.15, 0.2) is 0 Å². The number of hydrogen-bond acceptors (Lipinski definition) is 1. The van der Waals surface area contributed by atoms with Crippen LogP contribution in [0.4, 0.5) is 0 Å². The molecule has 0 aromatic rings. The monoisotopic (exact) mass is 217 g/mol. The fraction of sp³-hybridized carbons (Fsp3) is 1.00. The van der Waals surface area contributed by atoms with Crippen molar-refractivity contribution in [1.29, 1.82) is 0 Å². The predicted octanol–water partition coefficient (Wildman–Crippen LogP) is 4.69. The van der Waals surface area contributed by atoms with Crippen LogP contribution >= 0.6 is 7.80 Å². The molecule has 0 saturated carbocycles. The molecule has 1 radical (unpaired) electrons. The quantitative estimate of drug-likeness (QED) is 0.539. The van der Waals surface area contributed by atoms with Crippen molar-refractivity contribution >= 4 is 7.80 Å². The molecule has 0 aliphatic rings. The summed E-state index contributed by atoms with van der Waals surface area (Å²) in [4.78, 5) is 0. The van der Waals surface area contributed by atoms with Crippen LogP contribution in [0.5, 0.6) is 0 Å². The normalized spacial score (nSPS) is 16.4. The van der Waals surface area contributed by atoms with Crippen LogP contribution in [0.3, 0.4) is 0 Å². The number of hydrogen-bond donors (Lipinski definition) is 0. The lowest BCUT2D eigenvalue weighted by molar-refractivity contribution is 0.530. The van der Waals surface area contributed by atoms with Gasteiger partial charge in [-0.3, -0.25) is 4.57 Å². The summed E-state index contributed by atoms with van der Waals surface area (Å²) in [7, 11) is -0.932. The Kier molecular flexibility index (Phi) is 8.47. The summed E-state index contributed by atoms with van der Waals surface area (Å²) in [5, 5.41) is 0. The molecule has 0 aliphatic carbocycles. The van der Waals surface area contributed by atoms with Crippen molar-refractivity contribution in [2.24, 2.45) is 11.8 Å². The Labute approximate surface area is 90.5 Å². The van der Waals surface area contributed by atoms with Crippen LogP contribution < -0.4 is 0 Å². The van der Waals surface area contributed by atoms with Crippen molar-refractivity contribution in [2.45, 2.75) is 53.4 Å². The van der Waals surface area contributed by atoms with Gasteiger partial charge in [-0.25, -0.2) is 0 Å². The van der Waals surface area contributed by atoms with Gasteiger partial charge in [0.2, 0.25) is 0 Å². The predicted molar refractivity (Wildman–Crippen MR) is 65.5 cm³/mol. The molecule has 0 spiro atoms. The summed E-state index contributed by atoms with van der Waals surface area (Å²) >= 11 is 0. The molecule has 0 heterocycles. The lowest BCUT2D eigenvalue weighted by Gasteiger charge is -2.12. The van der Waals surface area contributed by atoms with E-state index in [1.807, 2.05) is 0 Å². The molecule has 0 N–H and O–H groups in total. The van der Waals surface area contributed by atoms with Crippen LogP contribution in [0.15, 0.2) is 0 Å². The first-order valence-corrected chi connectivity index (χ1v) is 7.65. The highest BCUT2D eigenvalue weighted by Crippen LogP contribution is 2.29. The third kappa shape index (κ3) is 7.50. The second-order valence-corrected chi connectivity index (χ2v) is 6.33. The molecule has 2 unspecified atom stereocenters. The Morgan fingerprint density at radius 3 is 1.57 bits per heavy atom. The molecule has 0 bridgehead atoms. The Morgan fingerprint density at radius 2 is 1.29 bits per heavy atom. The molecule has 0 aliphatic heterocycles. The molecule has 2 heteroatoms. The van der Waals surface area contributed by atoms with E-state index >= 15 is 0 Å². The zero-order valence-electron chi connectivity index (χ0n) is 10.3. The van der Waals surface area contributed by atoms with Gasteiger partial charge in [-0.1, -0.05) is 53.4 Å². The van der Waals surface area contributed by atoms with Crippen molar-refractivity contribution in [3.8, 4) is 0 Å². The molecule has 0 fully saturated rings. The Hall–Kier alpha value is 0.100. The molecule has 0 amide bonds. The first-order chi connectivity index (χ1) is 6.60. The van der Waals surface area contributed by atoms with Crippen molar-refractivity contribution in [1.82, 2.24) is 0 Å². The van der Waals surface area contributed by atoms with E-state index in [0.29, 0.717) is 11.8 Å². The molecule has 85 valence electrons. The van der Waals surface area contributed by atoms with Gasteiger partial charge in [0.05, 0.1) is 7.80 Å². The second-order valence-electron chi connectivity index (χ2n) is 4.63. The van der Waals surface area contributed by atoms with E-state index in [1.54, 1.807) is 0 Å². The molecule has 1 nitrogen and oxygen atoms in total. The minimum absolute atomic E-state index is 0.650. The van der Waals surface area contributed by atoms with Crippen LogP contribution in [0.2, 0.25) is 0 Å². The highest BCUT2D eigenvalue weighted by Gasteiger charge is 2.11. The van der Waals surface area contributed by atoms with Gasteiger partial charge in [-0.15, -0.1) is 0 Å². The maximum absolute atomic E-state index is 11.8. The summed E-state index contributed by atoms with van der Waals surface area (Å²) in [5.74, 6) is 1.30. The third-order valence-corrected chi connectivity index (χ3v) is 4.65. The molecule has 0 aromatic carbocycles. The van der Waals surface area contributed by atoms with Crippen LogP contribution in [0.25, 0.3) is 0 Å². The van der Waals surface area contributed by atoms with E-state index in [9.17, 15) is 4.57 Å². The van der Waals surface area contributed by atoms with Gasteiger partial charge in [-0.05, 0) is 11.8 Å². The van der Waals surface area contributed by atoms with Crippen molar-refractivity contribution in [2.75, 3.05) is 12.3 Å². The smallest absolute Gasteiger partial charge is 0.0724 e. The van der Waals surface area contributed by atoms with E-state index < -0.39 is 7.80 Å². The maximum Gasteiger partial charge on any atom is 0.0724 e. The zero-order valence-corrected chi connectivity index (χ0v) is 11.1. The van der Waals surface area contributed by atoms with E-state index in [2.05, 4.69) is 27.7 Å². The molecular weight excluding hydrogens is 191 g/mol. The summed E-state index contributed by atoms with van der Waals surface area (Å²) in [6.07, 6.45) is 6.77. The summed E-state index contributed by atoms with van der Waals surface area (Å²) < 4.78 is 11.8. The Balaban J connectivity index is 3.63. The molecular formula is C12H26OP. The van der Waals surface area contributed by atoms with Gasteiger partial charge >= 0.3 is 0 Å². The SMILES string of the molecule is CCCC(C)C[P](=O)CC(C)CCC. The highest BCUT2D eigenvalue weighted by molar-refractivity contribution is 7.44. The topological polar surface area (TPSA) is 17.1 Å². The minimum atomic E-state index is -0.932. The van der Waals surface area contributed by atoms with E-state index in [4.69, 9.17) is 0 Å². The maximum atomic E-state index is 11.8. The van der Waals surface area contributed by atoms with E-state index in [0.717, 1.165) is 12.3 Å². The standard InChI is InChI=1S/C12H26OP/c1-5-7-11(3)9-14(13)10-12(4)8-6-2/h11-12H,5-10H2,1-4H3.